The summed E-state index contributed by atoms with van der Waals surface area (Å²) in [6.45, 7) is 1.57. The molecule has 13 heteroatoms. The maximum Gasteiger partial charge on any atom is 0.236 e. The zero-order valence-electron chi connectivity index (χ0n) is 19.8. The van der Waals surface area contributed by atoms with Gasteiger partial charge in [0.2, 0.25) is 28.7 Å². The maximum atomic E-state index is 12.9. The number of rotatable bonds is 8. The summed E-state index contributed by atoms with van der Waals surface area (Å²) in [6.07, 6.45) is 8.56. The van der Waals surface area contributed by atoms with Crippen molar-refractivity contribution in [3.8, 4) is 17.4 Å². The molecular formula is C23H27N7O5S. The number of imidazole rings is 1. The fraction of sp³-hybridized carbons (Fsp3) is 0.391. The van der Waals surface area contributed by atoms with Crippen LogP contribution in [0, 0.1) is 0 Å². The average molecular weight is 514 g/mol. The van der Waals surface area contributed by atoms with Crippen LogP contribution in [0.3, 0.4) is 0 Å². The van der Waals surface area contributed by atoms with E-state index < -0.39 is 10.0 Å². The van der Waals surface area contributed by atoms with Gasteiger partial charge >= 0.3 is 0 Å². The van der Waals surface area contributed by atoms with Gasteiger partial charge in [0.15, 0.2) is 11.5 Å². The maximum absolute atomic E-state index is 12.9. The minimum absolute atomic E-state index is 0.123. The smallest absolute Gasteiger partial charge is 0.236 e. The van der Waals surface area contributed by atoms with Crippen molar-refractivity contribution < 1.29 is 22.7 Å². The van der Waals surface area contributed by atoms with E-state index >= 15 is 0 Å². The highest BCUT2D eigenvalue weighted by Crippen LogP contribution is 2.32. The lowest BCUT2D eigenvalue weighted by atomic mass is 10.1. The van der Waals surface area contributed by atoms with Crippen LogP contribution in [0.5, 0.6) is 11.5 Å². The van der Waals surface area contributed by atoms with Gasteiger partial charge in [-0.05, 0) is 30.2 Å². The number of benzene rings is 1. The van der Waals surface area contributed by atoms with Crippen molar-refractivity contribution in [1.82, 2.24) is 29.1 Å². The summed E-state index contributed by atoms with van der Waals surface area (Å²) in [5.74, 6) is 2.33. The molecule has 1 atom stereocenters. The molecule has 12 nitrogen and oxygen atoms in total. The van der Waals surface area contributed by atoms with Gasteiger partial charge in [0.1, 0.15) is 12.1 Å². The zero-order chi connectivity index (χ0) is 25.1. The van der Waals surface area contributed by atoms with E-state index in [2.05, 4.69) is 20.3 Å². The number of nitrogens with zero attached hydrogens (tertiary/aromatic N) is 6. The predicted octanol–water partition coefficient (Wildman–Crippen LogP) is 0.590. The van der Waals surface area contributed by atoms with Gasteiger partial charge in [0.05, 0.1) is 12.3 Å². The molecule has 1 N–H and O–H groups in total. The first kappa shape index (κ1) is 24.0. The number of sulfonamides is 1. The summed E-state index contributed by atoms with van der Waals surface area (Å²) in [4.78, 5) is 27.8. The van der Waals surface area contributed by atoms with Gasteiger partial charge in [-0.2, -0.15) is 9.29 Å². The lowest BCUT2D eigenvalue weighted by Gasteiger charge is -2.40. The van der Waals surface area contributed by atoms with E-state index in [-0.39, 0.29) is 31.7 Å². The van der Waals surface area contributed by atoms with Gasteiger partial charge in [-0.15, -0.1) is 0 Å². The lowest BCUT2D eigenvalue weighted by molar-refractivity contribution is -0.121. The molecule has 5 rings (SSSR count). The van der Waals surface area contributed by atoms with Gasteiger partial charge in [0, 0.05) is 51.2 Å². The molecule has 2 aliphatic heterocycles. The number of ether oxygens (including phenoxy) is 2. The van der Waals surface area contributed by atoms with Crippen molar-refractivity contribution in [3.63, 3.8) is 0 Å². The molecule has 36 heavy (non-hydrogen) atoms. The van der Waals surface area contributed by atoms with Crippen LogP contribution in [-0.2, 0) is 21.2 Å². The van der Waals surface area contributed by atoms with Crippen LogP contribution < -0.4 is 19.7 Å². The number of amides is 1. The topological polar surface area (TPSA) is 132 Å². The van der Waals surface area contributed by atoms with Crippen LogP contribution in [-0.4, -0.2) is 83.4 Å². The minimum Gasteiger partial charge on any atom is -0.454 e. The third kappa shape index (κ3) is 5.41. The second kappa shape index (κ2) is 10.1. The lowest BCUT2D eigenvalue weighted by Crippen LogP contribution is -2.56. The van der Waals surface area contributed by atoms with Gasteiger partial charge < -0.3 is 19.7 Å². The number of nitrogens with one attached hydrogen (secondary N) is 1. The summed E-state index contributed by atoms with van der Waals surface area (Å²) in [6, 6.07) is 7.10. The summed E-state index contributed by atoms with van der Waals surface area (Å²) < 4.78 is 38.3. The van der Waals surface area contributed by atoms with Crippen LogP contribution in [0.4, 0.5) is 5.82 Å². The molecule has 0 saturated carbocycles. The van der Waals surface area contributed by atoms with Crippen LogP contribution in [0.2, 0.25) is 0 Å². The largest absolute Gasteiger partial charge is 0.454 e. The third-order valence-electron chi connectivity index (χ3n) is 6.17. The molecule has 3 aromatic rings. The molecule has 0 radical (unpaired) electrons. The number of fused-ring (bicyclic) bond motifs is 1. The van der Waals surface area contributed by atoms with E-state index in [1.807, 2.05) is 23.1 Å². The number of anilines is 1. The van der Waals surface area contributed by atoms with E-state index in [1.54, 1.807) is 35.6 Å². The van der Waals surface area contributed by atoms with Gasteiger partial charge in [-0.3, -0.25) is 9.36 Å². The monoisotopic (exact) mass is 513 g/mol. The van der Waals surface area contributed by atoms with Crippen molar-refractivity contribution in [3.05, 3.63) is 54.7 Å². The zero-order valence-corrected chi connectivity index (χ0v) is 20.6. The Labute approximate surface area is 208 Å². The molecule has 190 valence electrons. The Kier molecular flexibility index (Phi) is 6.74. The molecule has 1 saturated heterocycles. The summed E-state index contributed by atoms with van der Waals surface area (Å²) in [5.41, 5.74) is 1.02. The minimum atomic E-state index is -3.39. The molecule has 2 aliphatic rings. The first-order valence-electron chi connectivity index (χ1n) is 11.6. The van der Waals surface area contributed by atoms with E-state index in [9.17, 15) is 13.2 Å². The second-order valence-corrected chi connectivity index (χ2v) is 10.6. The van der Waals surface area contributed by atoms with Crippen LogP contribution in [0.1, 0.15) is 12.0 Å². The van der Waals surface area contributed by atoms with Crippen molar-refractivity contribution in [2.75, 3.05) is 44.1 Å². The van der Waals surface area contributed by atoms with E-state index in [0.717, 1.165) is 11.3 Å². The van der Waals surface area contributed by atoms with Crippen molar-refractivity contribution in [1.29, 1.82) is 0 Å². The van der Waals surface area contributed by atoms with Crippen LogP contribution in [0.25, 0.3) is 5.95 Å². The first-order chi connectivity index (χ1) is 17.4. The highest BCUT2D eigenvalue weighted by molar-refractivity contribution is 7.88. The summed E-state index contributed by atoms with van der Waals surface area (Å²) >= 11 is 0. The fourth-order valence-corrected chi connectivity index (χ4v) is 5.19. The molecule has 0 spiro atoms. The molecular weight excluding hydrogens is 486 g/mol. The SMILES string of the molecule is CS(=O)(=O)N1CCN(c2ccnc(-n3ccnc3)n2)C(CC(=O)NCCc2ccc3c(c2)OCO3)C1. The Bertz CT molecular complexity index is 1330. The molecule has 1 aromatic carbocycles. The van der Waals surface area contributed by atoms with Crippen molar-refractivity contribution in [2.24, 2.45) is 0 Å². The summed E-state index contributed by atoms with van der Waals surface area (Å²) in [5, 5.41) is 2.95. The Balaban J connectivity index is 1.26. The number of piperazine rings is 1. The van der Waals surface area contributed by atoms with Crippen molar-refractivity contribution >= 4 is 21.7 Å². The molecule has 1 fully saturated rings. The molecule has 4 heterocycles. The highest BCUT2D eigenvalue weighted by Gasteiger charge is 2.33. The normalized spacial score (nSPS) is 17.8. The molecule has 1 amide bonds. The standard InChI is InChI=1S/C23H27N7O5S/c1-36(32,33)29-10-11-30(21-5-7-26-23(27-21)28-9-8-24-15-28)18(14-29)13-22(31)25-6-4-17-2-3-19-20(12-17)35-16-34-19/h2-3,5,7-9,12,15,18H,4,6,10-11,13-14,16H2,1H3,(H,25,31). The Morgan fingerprint density at radius 2 is 2.03 bits per heavy atom. The third-order valence-corrected chi connectivity index (χ3v) is 7.44. The van der Waals surface area contributed by atoms with Crippen LogP contribution in [0.15, 0.2) is 49.2 Å². The number of aromatic nitrogens is 4. The Hall–Kier alpha value is -3.71. The van der Waals surface area contributed by atoms with Gasteiger partial charge in [-0.25, -0.2) is 18.4 Å². The Morgan fingerprint density at radius 3 is 2.83 bits per heavy atom. The van der Waals surface area contributed by atoms with E-state index in [0.29, 0.717) is 43.6 Å². The number of hydrogen-bond acceptors (Lipinski definition) is 9. The van der Waals surface area contributed by atoms with Gasteiger partial charge in [-0.1, -0.05) is 6.07 Å². The van der Waals surface area contributed by atoms with Crippen molar-refractivity contribution in [2.45, 2.75) is 18.9 Å². The summed E-state index contributed by atoms with van der Waals surface area (Å²) in [7, 11) is -3.39. The van der Waals surface area contributed by atoms with E-state index in [1.165, 1.54) is 10.6 Å². The number of hydrogen-bond donors (Lipinski definition) is 1. The number of carbonyl (C=O) groups is 1. The quantitative estimate of drug-likeness (QED) is 0.460. The van der Waals surface area contributed by atoms with E-state index in [4.69, 9.17) is 9.47 Å². The molecule has 2 aromatic heterocycles. The Morgan fingerprint density at radius 1 is 1.17 bits per heavy atom. The fourth-order valence-electron chi connectivity index (χ4n) is 4.33. The molecule has 0 bridgehead atoms. The van der Waals surface area contributed by atoms with Gasteiger partial charge in [0.25, 0.3) is 0 Å². The molecule has 0 aliphatic carbocycles. The highest BCUT2D eigenvalue weighted by atomic mass is 32.2. The van der Waals surface area contributed by atoms with Crippen LogP contribution >= 0.6 is 0 Å². The predicted molar refractivity (Wildman–Crippen MR) is 131 cm³/mol. The average Bonchev–Trinajstić information content (AvgIpc) is 3.56. The number of carbonyl (C=O) groups excluding carboxylic acids is 1. The molecule has 1 unspecified atom stereocenters. The first-order valence-corrected chi connectivity index (χ1v) is 13.4. The second-order valence-electron chi connectivity index (χ2n) is 8.64.